The Labute approximate surface area is 202 Å². The molecule has 2 aliphatic carbocycles. The first-order valence-electron chi connectivity index (χ1n) is 12.5. The summed E-state index contributed by atoms with van der Waals surface area (Å²) >= 11 is 0. The Morgan fingerprint density at radius 1 is 1.12 bits per heavy atom. The molecule has 0 aromatic carbocycles. The van der Waals surface area contributed by atoms with Gasteiger partial charge in [-0.25, -0.2) is 0 Å². The van der Waals surface area contributed by atoms with Crippen LogP contribution >= 0.6 is 0 Å². The van der Waals surface area contributed by atoms with Gasteiger partial charge in [-0.15, -0.1) is 0 Å². The van der Waals surface area contributed by atoms with Crippen LogP contribution in [0.4, 0.5) is 0 Å². The Balaban J connectivity index is 1.89. The summed E-state index contributed by atoms with van der Waals surface area (Å²) in [6.07, 6.45) is -2.05. The molecule has 0 radical (unpaired) electrons. The Morgan fingerprint density at radius 2 is 1.79 bits per heavy atom. The second kappa shape index (κ2) is 10.6. The van der Waals surface area contributed by atoms with E-state index in [1.165, 1.54) is 0 Å². The number of ether oxygens (including phenoxy) is 2. The molecule has 34 heavy (non-hydrogen) atoms. The quantitative estimate of drug-likeness (QED) is 0.235. The molecule has 1 saturated heterocycles. The van der Waals surface area contributed by atoms with Crippen LogP contribution in [0.1, 0.15) is 59.8 Å². The van der Waals surface area contributed by atoms with E-state index in [9.17, 15) is 30.6 Å². The monoisotopic (exact) mass is 484 g/mol. The lowest BCUT2D eigenvalue weighted by molar-refractivity contribution is -0.313. The molecule has 0 aromatic heterocycles. The van der Waals surface area contributed by atoms with E-state index in [1.54, 1.807) is 0 Å². The van der Waals surface area contributed by atoms with Gasteiger partial charge in [0.15, 0.2) is 6.29 Å². The van der Waals surface area contributed by atoms with E-state index >= 15 is 0 Å². The molecule has 10 atom stereocenters. The van der Waals surface area contributed by atoms with Gasteiger partial charge in [0.2, 0.25) is 0 Å². The van der Waals surface area contributed by atoms with Crippen LogP contribution in [0.15, 0.2) is 23.8 Å². The molecule has 0 bridgehead atoms. The summed E-state index contributed by atoms with van der Waals surface area (Å²) in [6, 6.07) is 0. The highest BCUT2D eigenvalue weighted by Crippen LogP contribution is 2.62. The van der Waals surface area contributed by atoms with Crippen molar-refractivity contribution in [2.75, 3.05) is 13.2 Å². The van der Waals surface area contributed by atoms with Gasteiger partial charge in [-0.05, 0) is 67.3 Å². The summed E-state index contributed by atoms with van der Waals surface area (Å²) in [5, 5.41) is 60.5. The highest BCUT2D eigenvalue weighted by atomic mass is 16.7. The van der Waals surface area contributed by atoms with Crippen LogP contribution in [0.3, 0.4) is 0 Å². The van der Waals surface area contributed by atoms with Crippen LogP contribution in [-0.2, 0) is 9.47 Å². The van der Waals surface area contributed by atoms with Crippen LogP contribution in [-0.4, -0.2) is 86.8 Å². The van der Waals surface area contributed by atoms with E-state index < -0.39 is 49.5 Å². The maximum Gasteiger partial charge on any atom is 0.187 e. The molecular formula is C26H44O8. The van der Waals surface area contributed by atoms with E-state index in [0.29, 0.717) is 12.8 Å². The first-order chi connectivity index (χ1) is 15.9. The van der Waals surface area contributed by atoms with Gasteiger partial charge < -0.3 is 40.1 Å². The smallest absolute Gasteiger partial charge is 0.187 e. The van der Waals surface area contributed by atoms with Crippen molar-refractivity contribution >= 4 is 0 Å². The summed E-state index contributed by atoms with van der Waals surface area (Å²) in [4.78, 5) is 0. The molecule has 6 N–H and O–H groups in total. The number of aliphatic hydroxyl groups excluding tert-OH is 6. The topological polar surface area (TPSA) is 140 Å². The zero-order valence-electron chi connectivity index (χ0n) is 20.9. The molecule has 3 rings (SSSR count). The van der Waals surface area contributed by atoms with Gasteiger partial charge in [-0.1, -0.05) is 39.0 Å². The number of hydrogen-bond donors (Lipinski definition) is 6. The summed E-state index contributed by atoms with van der Waals surface area (Å²) in [5.41, 5.74) is 1.52. The number of rotatable bonds is 7. The van der Waals surface area contributed by atoms with Crippen LogP contribution in [0.5, 0.6) is 0 Å². The molecule has 0 amide bonds. The lowest BCUT2D eigenvalue weighted by Crippen LogP contribution is -2.61. The van der Waals surface area contributed by atoms with Gasteiger partial charge in [0.1, 0.15) is 24.4 Å². The first-order valence-corrected chi connectivity index (χ1v) is 12.5. The fourth-order valence-corrected chi connectivity index (χ4v) is 6.71. The van der Waals surface area contributed by atoms with Gasteiger partial charge in [-0.3, -0.25) is 0 Å². The Bertz CT molecular complexity index is 749. The first kappa shape index (κ1) is 27.7. The second-order valence-corrected chi connectivity index (χ2v) is 11.4. The average molecular weight is 485 g/mol. The summed E-state index contributed by atoms with van der Waals surface area (Å²) < 4.78 is 11.8. The molecule has 2 saturated carbocycles. The zero-order valence-corrected chi connectivity index (χ0v) is 20.9. The third-order valence-corrected chi connectivity index (χ3v) is 9.03. The molecule has 8 nitrogen and oxygen atoms in total. The van der Waals surface area contributed by atoms with Crippen molar-refractivity contribution in [1.29, 1.82) is 0 Å². The fourth-order valence-electron chi connectivity index (χ4n) is 6.71. The molecule has 3 fully saturated rings. The van der Waals surface area contributed by atoms with Crippen LogP contribution in [0.25, 0.3) is 0 Å². The van der Waals surface area contributed by atoms with Crippen molar-refractivity contribution in [3.05, 3.63) is 23.8 Å². The molecule has 1 aliphatic heterocycles. The van der Waals surface area contributed by atoms with Gasteiger partial charge >= 0.3 is 0 Å². The van der Waals surface area contributed by atoms with Crippen molar-refractivity contribution < 1.29 is 40.1 Å². The minimum absolute atomic E-state index is 0.000588. The number of hydrogen-bond acceptors (Lipinski definition) is 8. The number of allylic oxidation sites excluding steroid dienone is 1. The van der Waals surface area contributed by atoms with Crippen molar-refractivity contribution in [2.45, 2.75) is 103 Å². The van der Waals surface area contributed by atoms with E-state index in [-0.39, 0.29) is 29.3 Å². The highest BCUT2D eigenvalue weighted by molar-refractivity contribution is 5.22. The lowest BCUT2D eigenvalue weighted by Gasteiger charge is -2.61. The van der Waals surface area contributed by atoms with E-state index in [0.717, 1.165) is 30.4 Å². The van der Waals surface area contributed by atoms with Crippen molar-refractivity contribution in [1.82, 2.24) is 0 Å². The molecular weight excluding hydrogens is 440 g/mol. The van der Waals surface area contributed by atoms with E-state index in [4.69, 9.17) is 9.47 Å². The normalized spacial score (nSPS) is 45.2. The highest BCUT2D eigenvalue weighted by Gasteiger charge is 2.58. The molecule has 1 heterocycles. The van der Waals surface area contributed by atoms with Crippen LogP contribution in [0, 0.1) is 22.7 Å². The standard InChI is InChI=1S/C26H44O8/c1-14(9-11-27)6-7-16-15(2)17(12-19-25(3,4)20(29)8-10-26(16,19)5)33-24-23(32)22(31)21(30)18(13-28)34-24/h9,16-24,27-32H,2,6-8,10-13H2,1,3-5H3/b14-9-/t16-,17+,18+,19+,20+,21+,22-,23-,24+,26+/m0/s1. The summed E-state index contributed by atoms with van der Waals surface area (Å²) in [5.74, 6) is 0.186. The third-order valence-electron chi connectivity index (χ3n) is 9.03. The fraction of sp³-hybridized carbons (Fsp3) is 0.846. The Morgan fingerprint density at radius 3 is 2.41 bits per heavy atom. The number of fused-ring (bicyclic) bond motifs is 1. The summed E-state index contributed by atoms with van der Waals surface area (Å²) in [7, 11) is 0. The molecule has 0 aromatic rings. The lowest BCUT2D eigenvalue weighted by atomic mass is 9.46. The zero-order chi connectivity index (χ0) is 25.4. The maximum atomic E-state index is 10.9. The molecule has 0 spiro atoms. The van der Waals surface area contributed by atoms with Crippen molar-refractivity contribution in [2.24, 2.45) is 22.7 Å². The molecule has 3 aliphatic rings. The predicted octanol–water partition coefficient (Wildman–Crippen LogP) is 1.27. The summed E-state index contributed by atoms with van der Waals surface area (Å²) in [6.45, 7) is 12.3. The predicted molar refractivity (Wildman–Crippen MR) is 127 cm³/mol. The Kier molecular flexibility index (Phi) is 8.69. The number of aliphatic hydroxyl groups is 6. The third kappa shape index (κ3) is 5.02. The van der Waals surface area contributed by atoms with E-state index in [1.807, 2.05) is 13.0 Å². The van der Waals surface area contributed by atoms with Crippen molar-refractivity contribution in [3.8, 4) is 0 Å². The Hall–Kier alpha value is -0.840. The average Bonchev–Trinajstić information content (AvgIpc) is 2.78. The van der Waals surface area contributed by atoms with E-state index in [2.05, 4.69) is 27.4 Å². The van der Waals surface area contributed by atoms with Gasteiger partial charge in [0.05, 0.1) is 25.4 Å². The van der Waals surface area contributed by atoms with Gasteiger partial charge in [-0.2, -0.15) is 0 Å². The van der Waals surface area contributed by atoms with Crippen LogP contribution < -0.4 is 0 Å². The molecule has 8 heteroatoms. The second-order valence-electron chi connectivity index (χ2n) is 11.4. The molecule has 0 unspecified atom stereocenters. The maximum absolute atomic E-state index is 10.9. The minimum Gasteiger partial charge on any atom is -0.394 e. The largest absolute Gasteiger partial charge is 0.394 e. The SMILES string of the molecule is C=C1[C@H](O[C@@H]2O[C@H](CO)[C@@H](O)[C@H](O)[C@@H]2O)C[C@@H]2C(C)(C)[C@H](O)CC[C@]2(C)[C@H]1CC/C(C)=C\CO. The van der Waals surface area contributed by atoms with Crippen LogP contribution in [0.2, 0.25) is 0 Å². The minimum atomic E-state index is -1.51. The van der Waals surface area contributed by atoms with Crippen molar-refractivity contribution in [3.63, 3.8) is 0 Å². The molecule has 196 valence electrons. The van der Waals surface area contributed by atoms with Gasteiger partial charge in [0.25, 0.3) is 0 Å². The van der Waals surface area contributed by atoms with Gasteiger partial charge in [0, 0.05) is 0 Å².